The summed E-state index contributed by atoms with van der Waals surface area (Å²) in [6.45, 7) is 0. The first-order valence-electron chi connectivity index (χ1n) is 6.76. The molecule has 6 nitrogen and oxygen atoms in total. The van der Waals surface area contributed by atoms with Crippen molar-refractivity contribution in [2.75, 3.05) is 22.1 Å². The number of hydrogen-bond acceptors (Lipinski definition) is 5. The molecule has 1 unspecified atom stereocenters. The molecule has 2 N–H and O–H groups in total. The van der Waals surface area contributed by atoms with Crippen molar-refractivity contribution in [2.24, 2.45) is 5.92 Å². The third-order valence-corrected chi connectivity index (χ3v) is 5.33. The van der Waals surface area contributed by atoms with Crippen molar-refractivity contribution in [3.8, 4) is 0 Å². The first kappa shape index (κ1) is 13.4. The monoisotopic (exact) mass is 295 g/mol. The Kier molecular flexibility index (Phi) is 3.37. The van der Waals surface area contributed by atoms with Crippen LogP contribution in [0.5, 0.6) is 0 Å². The van der Waals surface area contributed by atoms with Gasteiger partial charge >= 0.3 is 0 Å². The van der Waals surface area contributed by atoms with E-state index in [0.717, 1.165) is 12.8 Å². The largest absolute Gasteiger partial charge is 0.366 e. The number of hydrogen-bond donors (Lipinski definition) is 2. The SMILES string of the molecule is O=C(Nc1ccc(NC2CCS(=O)(=O)C2)nc1)C1CC1. The van der Waals surface area contributed by atoms with Gasteiger partial charge in [-0.2, -0.15) is 0 Å². The van der Waals surface area contributed by atoms with Crippen molar-refractivity contribution in [3.63, 3.8) is 0 Å². The fraction of sp³-hybridized carbons (Fsp3) is 0.538. The third kappa shape index (κ3) is 3.27. The van der Waals surface area contributed by atoms with Gasteiger partial charge in [0.15, 0.2) is 9.84 Å². The van der Waals surface area contributed by atoms with E-state index in [-0.39, 0.29) is 29.4 Å². The molecule has 1 atom stereocenters. The van der Waals surface area contributed by atoms with Crippen molar-refractivity contribution in [3.05, 3.63) is 18.3 Å². The fourth-order valence-corrected chi connectivity index (χ4v) is 3.93. The average Bonchev–Trinajstić information content (AvgIpc) is 3.18. The highest BCUT2D eigenvalue weighted by Gasteiger charge is 2.30. The van der Waals surface area contributed by atoms with Gasteiger partial charge in [0, 0.05) is 12.0 Å². The Labute approximate surface area is 117 Å². The molecule has 0 aromatic carbocycles. The van der Waals surface area contributed by atoms with E-state index in [9.17, 15) is 13.2 Å². The molecule has 7 heteroatoms. The lowest BCUT2D eigenvalue weighted by Crippen LogP contribution is -2.21. The molecule has 3 rings (SSSR count). The van der Waals surface area contributed by atoms with Crippen molar-refractivity contribution >= 4 is 27.2 Å². The van der Waals surface area contributed by atoms with Gasteiger partial charge in [0.25, 0.3) is 0 Å². The van der Waals surface area contributed by atoms with E-state index in [0.29, 0.717) is 17.9 Å². The number of rotatable bonds is 4. The topological polar surface area (TPSA) is 88.2 Å². The molecule has 1 saturated carbocycles. The molecule has 1 aromatic rings. The molecule has 108 valence electrons. The maximum Gasteiger partial charge on any atom is 0.227 e. The molecule has 2 aliphatic rings. The van der Waals surface area contributed by atoms with Gasteiger partial charge in [0.05, 0.1) is 23.4 Å². The number of sulfone groups is 1. The van der Waals surface area contributed by atoms with E-state index in [4.69, 9.17) is 0 Å². The zero-order chi connectivity index (χ0) is 14.2. The summed E-state index contributed by atoms with van der Waals surface area (Å²) in [5, 5.41) is 5.92. The summed E-state index contributed by atoms with van der Waals surface area (Å²) in [5.74, 6) is 1.25. The van der Waals surface area contributed by atoms with Crippen LogP contribution in [0.25, 0.3) is 0 Å². The van der Waals surface area contributed by atoms with E-state index in [1.165, 1.54) is 0 Å². The highest BCUT2D eigenvalue weighted by molar-refractivity contribution is 7.91. The second-order valence-electron chi connectivity index (χ2n) is 5.44. The number of amides is 1. The van der Waals surface area contributed by atoms with E-state index < -0.39 is 9.84 Å². The summed E-state index contributed by atoms with van der Waals surface area (Å²) >= 11 is 0. The molecular weight excluding hydrogens is 278 g/mol. The Morgan fingerprint density at radius 2 is 2.05 bits per heavy atom. The third-order valence-electron chi connectivity index (χ3n) is 3.56. The molecule has 0 radical (unpaired) electrons. The van der Waals surface area contributed by atoms with Crippen molar-refractivity contribution in [1.82, 2.24) is 4.98 Å². The highest BCUT2D eigenvalue weighted by atomic mass is 32.2. The maximum absolute atomic E-state index is 11.6. The predicted molar refractivity (Wildman–Crippen MR) is 76.3 cm³/mol. The Balaban J connectivity index is 1.57. The highest BCUT2D eigenvalue weighted by Crippen LogP contribution is 2.30. The maximum atomic E-state index is 11.6. The molecular formula is C13H17N3O3S. The molecule has 2 heterocycles. The van der Waals surface area contributed by atoms with Crippen molar-refractivity contribution in [2.45, 2.75) is 25.3 Å². The number of carbonyl (C=O) groups is 1. The van der Waals surface area contributed by atoms with E-state index in [1.807, 2.05) is 0 Å². The standard InChI is InChI=1S/C13H17N3O3S/c17-13(9-1-2-9)16-10-3-4-12(14-7-10)15-11-5-6-20(18,19)8-11/h3-4,7,9,11H,1-2,5-6,8H2,(H,14,15)(H,16,17). The summed E-state index contributed by atoms with van der Waals surface area (Å²) in [6, 6.07) is 3.46. The minimum atomic E-state index is -2.89. The second-order valence-corrected chi connectivity index (χ2v) is 7.67. The van der Waals surface area contributed by atoms with Gasteiger partial charge in [0.1, 0.15) is 5.82 Å². The van der Waals surface area contributed by atoms with Crippen LogP contribution in [0.2, 0.25) is 0 Å². The van der Waals surface area contributed by atoms with Gasteiger partial charge in [0.2, 0.25) is 5.91 Å². The fourth-order valence-electron chi connectivity index (χ4n) is 2.26. The van der Waals surface area contributed by atoms with E-state index >= 15 is 0 Å². The number of anilines is 2. The van der Waals surface area contributed by atoms with Gasteiger partial charge in [-0.1, -0.05) is 0 Å². The van der Waals surface area contributed by atoms with Gasteiger partial charge in [-0.15, -0.1) is 0 Å². The number of nitrogens with one attached hydrogen (secondary N) is 2. The lowest BCUT2D eigenvalue weighted by molar-refractivity contribution is -0.117. The number of aromatic nitrogens is 1. The first-order valence-corrected chi connectivity index (χ1v) is 8.58. The molecule has 1 saturated heterocycles. The van der Waals surface area contributed by atoms with E-state index in [1.54, 1.807) is 18.3 Å². The Hall–Kier alpha value is -1.63. The van der Waals surface area contributed by atoms with Crippen LogP contribution in [0, 0.1) is 5.92 Å². The normalized spacial score (nSPS) is 24.3. The van der Waals surface area contributed by atoms with Crippen LogP contribution in [0.15, 0.2) is 18.3 Å². The summed E-state index contributed by atoms with van der Waals surface area (Å²) in [6.07, 6.45) is 4.14. The van der Waals surface area contributed by atoms with Crippen molar-refractivity contribution in [1.29, 1.82) is 0 Å². The Morgan fingerprint density at radius 1 is 1.25 bits per heavy atom. The molecule has 0 spiro atoms. The van der Waals surface area contributed by atoms with Crippen LogP contribution < -0.4 is 10.6 Å². The molecule has 1 aromatic heterocycles. The van der Waals surface area contributed by atoms with Crippen molar-refractivity contribution < 1.29 is 13.2 Å². The Bertz CT molecular complexity index is 608. The average molecular weight is 295 g/mol. The summed E-state index contributed by atoms with van der Waals surface area (Å²) < 4.78 is 22.7. The zero-order valence-electron chi connectivity index (χ0n) is 11.0. The zero-order valence-corrected chi connectivity index (χ0v) is 11.8. The minimum Gasteiger partial charge on any atom is -0.366 e. The predicted octanol–water partition coefficient (Wildman–Crippen LogP) is 1.03. The summed E-state index contributed by atoms with van der Waals surface area (Å²) in [7, 11) is -2.89. The molecule has 1 aliphatic heterocycles. The minimum absolute atomic E-state index is 0.0504. The van der Waals surface area contributed by atoms with Gasteiger partial charge in [-0.25, -0.2) is 13.4 Å². The molecule has 20 heavy (non-hydrogen) atoms. The van der Waals surface area contributed by atoms with Gasteiger partial charge in [-0.05, 0) is 31.4 Å². The van der Waals surface area contributed by atoms with Crippen LogP contribution in [-0.4, -0.2) is 36.9 Å². The molecule has 1 aliphatic carbocycles. The van der Waals surface area contributed by atoms with E-state index in [2.05, 4.69) is 15.6 Å². The molecule has 1 amide bonds. The van der Waals surface area contributed by atoms with Crippen LogP contribution in [0.1, 0.15) is 19.3 Å². The van der Waals surface area contributed by atoms with Gasteiger partial charge < -0.3 is 10.6 Å². The quantitative estimate of drug-likeness (QED) is 0.866. The smallest absolute Gasteiger partial charge is 0.227 e. The number of pyridine rings is 1. The molecule has 0 bridgehead atoms. The number of carbonyl (C=O) groups excluding carboxylic acids is 1. The lowest BCUT2D eigenvalue weighted by atomic mass is 10.2. The Morgan fingerprint density at radius 3 is 2.60 bits per heavy atom. The lowest BCUT2D eigenvalue weighted by Gasteiger charge is -2.12. The second kappa shape index (κ2) is 5.05. The van der Waals surface area contributed by atoms with Crippen LogP contribution in [-0.2, 0) is 14.6 Å². The van der Waals surface area contributed by atoms with Crippen LogP contribution in [0.3, 0.4) is 0 Å². The molecule has 2 fully saturated rings. The van der Waals surface area contributed by atoms with Crippen LogP contribution >= 0.6 is 0 Å². The summed E-state index contributed by atoms with van der Waals surface area (Å²) in [5.41, 5.74) is 0.673. The summed E-state index contributed by atoms with van der Waals surface area (Å²) in [4.78, 5) is 15.8. The first-order chi connectivity index (χ1) is 9.52. The van der Waals surface area contributed by atoms with Crippen LogP contribution in [0.4, 0.5) is 11.5 Å². The van der Waals surface area contributed by atoms with Gasteiger partial charge in [-0.3, -0.25) is 4.79 Å². The number of nitrogens with zero attached hydrogens (tertiary/aromatic N) is 1.